The third kappa shape index (κ3) is 1.99. The lowest BCUT2D eigenvalue weighted by atomic mass is 9.99. The number of hydrogen-bond acceptors (Lipinski definition) is 2. The molecule has 2 heterocycles. The molecule has 0 amide bonds. The Hall–Kier alpha value is -1.26. The average molecular weight is 230 g/mol. The van der Waals surface area contributed by atoms with Crippen LogP contribution in [-0.4, -0.2) is 18.1 Å². The van der Waals surface area contributed by atoms with Gasteiger partial charge in [0.25, 0.3) is 5.95 Å². The molecule has 1 fully saturated rings. The van der Waals surface area contributed by atoms with Crippen LogP contribution in [0.1, 0.15) is 19.8 Å². The molecule has 2 rings (SSSR count). The summed E-state index contributed by atoms with van der Waals surface area (Å²) >= 11 is 0. The van der Waals surface area contributed by atoms with Gasteiger partial charge in [-0.1, -0.05) is 6.92 Å². The molecule has 16 heavy (non-hydrogen) atoms. The molecule has 1 aliphatic rings. The molecule has 0 spiro atoms. The van der Waals surface area contributed by atoms with Gasteiger partial charge in [-0.3, -0.25) is 0 Å². The number of anilines is 1. The van der Waals surface area contributed by atoms with E-state index in [1.54, 1.807) is 4.90 Å². The molecule has 1 aliphatic heterocycles. The van der Waals surface area contributed by atoms with Gasteiger partial charge in [-0.25, -0.2) is 9.37 Å². The maximum atomic E-state index is 13.4. The number of pyridine rings is 1. The molecule has 0 saturated carbocycles. The number of nitrogens with zero attached hydrogens (tertiary/aromatic N) is 2. The second-order valence-electron chi connectivity index (χ2n) is 4.23. The quantitative estimate of drug-likeness (QED) is 0.689. The highest BCUT2D eigenvalue weighted by molar-refractivity contribution is 5.48. The minimum absolute atomic E-state index is 0.278. The van der Waals surface area contributed by atoms with Crippen molar-refractivity contribution in [3.63, 3.8) is 0 Å². The molecule has 2 nitrogen and oxygen atoms in total. The minimum atomic E-state index is -1.24. The molecule has 1 aromatic rings. The van der Waals surface area contributed by atoms with Crippen molar-refractivity contribution in [2.24, 2.45) is 5.92 Å². The summed E-state index contributed by atoms with van der Waals surface area (Å²) in [5.74, 6) is -2.67. The standard InChI is InChI=1S/C11H13F3N2/c1-7-2-4-16(5-3-7)10-8(12)6-15-11(14)9(10)13/h6-7H,2-5H2,1H3. The predicted octanol–water partition coefficient (Wildman–Crippen LogP) is 2.74. The average Bonchev–Trinajstić information content (AvgIpc) is 2.27. The fourth-order valence-electron chi connectivity index (χ4n) is 1.96. The van der Waals surface area contributed by atoms with Crippen LogP contribution in [0.15, 0.2) is 6.20 Å². The topological polar surface area (TPSA) is 16.1 Å². The molecule has 0 unspecified atom stereocenters. The van der Waals surface area contributed by atoms with E-state index in [4.69, 9.17) is 0 Å². The Morgan fingerprint density at radius 2 is 1.88 bits per heavy atom. The highest BCUT2D eigenvalue weighted by atomic mass is 19.2. The van der Waals surface area contributed by atoms with Crippen molar-refractivity contribution < 1.29 is 13.2 Å². The number of piperidine rings is 1. The molecule has 5 heteroatoms. The van der Waals surface area contributed by atoms with Gasteiger partial charge in [0.2, 0.25) is 5.82 Å². The second-order valence-corrected chi connectivity index (χ2v) is 4.23. The van der Waals surface area contributed by atoms with Gasteiger partial charge in [0.1, 0.15) is 5.69 Å². The lowest BCUT2D eigenvalue weighted by Crippen LogP contribution is -2.34. The maximum Gasteiger partial charge on any atom is 0.251 e. The highest BCUT2D eigenvalue weighted by Gasteiger charge is 2.24. The van der Waals surface area contributed by atoms with E-state index >= 15 is 0 Å². The molecule has 0 atom stereocenters. The first-order chi connectivity index (χ1) is 7.59. The Morgan fingerprint density at radius 1 is 1.25 bits per heavy atom. The van der Waals surface area contributed by atoms with Crippen molar-refractivity contribution in [1.82, 2.24) is 4.98 Å². The summed E-state index contributed by atoms with van der Waals surface area (Å²) in [5, 5.41) is 0. The van der Waals surface area contributed by atoms with Crippen LogP contribution >= 0.6 is 0 Å². The summed E-state index contributed by atoms with van der Waals surface area (Å²) in [6.45, 7) is 3.20. The summed E-state index contributed by atoms with van der Waals surface area (Å²) in [7, 11) is 0. The monoisotopic (exact) mass is 230 g/mol. The van der Waals surface area contributed by atoms with Gasteiger partial charge in [-0.15, -0.1) is 0 Å². The normalized spacial score (nSPS) is 17.9. The van der Waals surface area contributed by atoms with Crippen molar-refractivity contribution >= 4 is 5.69 Å². The van der Waals surface area contributed by atoms with Crippen molar-refractivity contribution in [2.45, 2.75) is 19.8 Å². The van der Waals surface area contributed by atoms with Crippen LogP contribution in [0.4, 0.5) is 18.9 Å². The van der Waals surface area contributed by atoms with E-state index in [0.717, 1.165) is 19.0 Å². The summed E-state index contributed by atoms with van der Waals surface area (Å²) in [6, 6.07) is 0. The number of aromatic nitrogens is 1. The minimum Gasteiger partial charge on any atom is -0.367 e. The summed E-state index contributed by atoms with van der Waals surface area (Å²) < 4.78 is 39.7. The SMILES string of the molecule is CC1CCN(c2c(F)cnc(F)c2F)CC1. The van der Waals surface area contributed by atoms with E-state index in [2.05, 4.69) is 11.9 Å². The Labute approximate surface area is 92.1 Å². The van der Waals surface area contributed by atoms with E-state index in [1.165, 1.54) is 0 Å². The summed E-state index contributed by atoms with van der Waals surface area (Å²) in [6.07, 6.45) is 2.46. The van der Waals surface area contributed by atoms with Gasteiger partial charge < -0.3 is 4.90 Å². The lowest BCUT2D eigenvalue weighted by molar-refractivity contribution is 0.418. The molecule has 0 N–H and O–H groups in total. The first-order valence-corrected chi connectivity index (χ1v) is 5.34. The van der Waals surface area contributed by atoms with Crippen LogP contribution in [0.2, 0.25) is 0 Å². The molecule has 0 aliphatic carbocycles. The second kappa shape index (κ2) is 4.31. The zero-order valence-corrected chi connectivity index (χ0v) is 9.01. The molecular weight excluding hydrogens is 217 g/mol. The van der Waals surface area contributed by atoms with Gasteiger partial charge in [0.15, 0.2) is 5.82 Å². The Kier molecular flexibility index (Phi) is 3.03. The zero-order chi connectivity index (χ0) is 11.7. The highest BCUT2D eigenvalue weighted by Crippen LogP contribution is 2.28. The number of rotatable bonds is 1. The lowest BCUT2D eigenvalue weighted by Gasteiger charge is -2.32. The van der Waals surface area contributed by atoms with E-state index in [9.17, 15) is 13.2 Å². The molecule has 88 valence electrons. The fraction of sp³-hybridized carbons (Fsp3) is 0.545. The van der Waals surface area contributed by atoms with Crippen LogP contribution in [0, 0.1) is 23.5 Å². The largest absolute Gasteiger partial charge is 0.367 e. The third-order valence-electron chi connectivity index (χ3n) is 3.01. The molecule has 0 bridgehead atoms. The first-order valence-electron chi connectivity index (χ1n) is 5.34. The fourth-order valence-corrected chi connectivity index (χ4v) is 1.96. The molecule has 1 saturated heterocycles. The van der Waals surface area contributed by atoms with Crippen LogP contribution < -0.4 is 4.90 Å². The number of hydrogen-bond donors (Lipinski definition) is 0. The van der Waals surface area contributed by atoms with Gasteiger partial charge in [0, 0.05) is 13.1 Å². The van der Waals surface area contributed by atoms with E-state index in [0.29, 0.717) is 19.0 Å². The van der Waals surface area contributed by atoms with Crippen LogP contribution in [-0.2, 0) is 0 Å². The van der Waals surface area contributed by atoms with Crippen molar-refractivity contribution in [3.8, 4) is 0 Å². The zero-order valence-electron chi connectivity index (χ0n) is 9.01. The first kappa shape index (κ1) is 11.2. The van der Waals surface area contributed by atoms with Crippen molar-refractivity contribution in [2.75, 3.05) is 18.0 Å². The van der Waals surface area contributed by atoms with Crippen molar-refractivity contribution in [3.05, 3.63) is 23.8 Å². The predicted molar refractivity (Wildman–Crippen MR) is 54.7 cm³/mol. The Balaban J connectivity index is 2.29. The summed E-state index contributed by atoms with van der Waals surface area (Å²) in [5.41, 5.74) is -0.278. The number of halogens is 3. The summed E-state index contributed by atoms with van der Waals surface area (Å²) in [4.78, 5) is 4.56. The van der Waals surface area contributed by atoms with E-state index < -0.39 is 17.6 Å². The smallest absolute Gasteiger partial charge is 0.251 e. The van der Waals surface area contributed by atoms with Crippen molar-refractivity contribution in [1.29, 1.82) is 0 Å². The van der Waals surface area contributed by atoms with Gasteiger partial charge >= 0.3 is 0 Å². The molecule has 0 aromatic carbocycles. The van der Waals surface area contributed by atoms with Crippen LogP contribution in [0.3, 0.4) is 0 Å². The van der Waals surface area contributed by atoms with Gasteiger partial charge in [-0.2, -0.15) is 8.78 Å². The van der Waals surface area contributed by atoms with Crippen LogP contribution in [0.25, 0.3) is 0 Å². The third-order valence-corrected chi connectivity index (χ3v) is 3.01. The Morgan fingerprint density at radius 3 is 2.50 bits per heavy atom. The Bertz CT molecular complexity index is 387. The molecular formula is C11H13F3N2. The maximum absolute atomic E-state index is 13.4. The van der Waals surface area contributed by atoms with Gasteiger partial charge in [0.05, 0.1) is 6.20 Å². The molecule has 0 radical (unpaired) electrons. The van der Waals surface area contributed by atoms with Gasteiger partial charge in [-0.05, 0) is 18.8 Å². The van der Waals surface area contributed by atoms with Crippen LogP contribution in [0.5, 0.6) is 0 Å². The van der Waals surface area contributed by atoms with E-state index in [1.807, 2.05) is 0 Å². The molecule has 1 aromatic heterocycles. The van der Waals surface area contributed by atoms with E-state index in [-0.39, 0.29) is 5.69 Å².